The highest BCUT2D eigenvalue weighted by molar-refractivity contribution is 8.00. The Balaban J connectivity index is 1.53. The van der Waals surface area contributed by atoms with Crippen LogP contribution >= 0.6 is 11.8 Å². The van der Waals surface area contributed by atoms with Gasteiger partial charge in [-0.15, -0.1) is 11.8 Å². The lowest BCUT2D eigenvalue weighted by Gasteiger charge is -2.18. The van der Waals surface area contributed by atoms with Crippen molar-refractivity contribution in [3.8, 4) is 5.75 Å². The van der Waals surface area contributed by atoms with E-state index in [1.807, 2.05) is 48.5 Å². The summed E-state index contributed by atoms with van der Waals surface area (Å²) in [4.78, 5) is 37.5. The molecule has 1 unspecified atom stereocenters. The number of hydrogen-bond donors (Lipinski definition) is 2. The summed E-state index contributed by atoms with van der Waals surface area (Å²) in [7, 11) is 1.56. The van der Waals surface area contributed by atoms with E-state index in [2.05, 4.69) is 10.6 Å². The molecule has 0 saturated carbocycles. The quantitative estimate of drug-likeness (QED) is 0.143. The van der Waals surface area contributed by atoms with E-state index in [0.29, 0.717) is 28.3 Å². The number of nitro benzene ring substituents is 1. The summed E-state index contributed by atoms with van der Waals surface area (Å²) in [5.74, 6) is 0.126. The highest BCUT2D eigenvalue weighted by Crippen LogP contribution is 2.37. The van der Waals surface area contributed by atoms with Crippen molar-refractivity contribution in [3.63, 3.8) is 0 Å². The van der Waals surface area contributed by atoms with Crippen molar-refractivity contribution in [2.45, 2.75) is 17.1 Å². The third kappa shape index (κ3) is 6.57. The topological polar surface area (TPSA) is 111 Å². The van der Waals surface area contributed by atoms with Crippen LogP contribution in [0.5, 0.6) is 5.75 Å². The molecule has 1 atom stereocenters. The number of rotatable bonds is 9. The standard InChI is InChI=1S/C29H25N3O5S/c1-19-17-23(32(35)36)13-16-26(19)31-29(34)27(20-7-4-3-5-8-20)38-25-10-6-9-22(18-25)30-28(33)21-11-14-24(37-2)15-12-21/h3-18,27H,1-2H3,(H,30,33)(H,31,34). The number of anilines is 2. The van der Waals surface area contributed by atoms with Crippen LogP contribution in [0.2, 0.25) is 0 Å². The van der Waals surface area contributed by atoms with Crippen LogP contribution < -0.4 is 15.4 Å². The number of carbonyl (C=O) groups is 2. The molecule has 0 aliphatic heterocycles. The molecule has 0 aromatic heterocycles. The van der Waals surface area contributed by atoms with Gasteiger partial charge in [0, 0.05) is 34.0 Å². The number of non-ortho nitro benzene ring substituents is 1. The molecule has 0 bridgehead atoms. The van der Waals surface area contributed by atoms with Gasteiger partial charge < -0.3 is 15.4 Å². The minimum Gasteiger partial charge on any atom is -0.497 e. The molecule has 0 aliphatic rings. The highest BCUT2D eigenvalue weighted by Gasteiger charge is 2.23. The van der Waals surface area contributed by atoms with Gasteiger partial charge in [0.25, 0.3) is 11.6 Å². The maximum atomic E-state index is 13.4. The van der Waals surface area contributed by atoms with Crippen molar-refractivity contribution in [1.82, 2.24) is 0 Å². The number of thioether (sulfide) groups is 1. The van der Waals surface area contributed by atoms with Crippen LogP contribution in [0.1, 0.15) is 26.7 Å². The van der Waals surface area contributed by atoms with Gasteiger partial charge in [-0.25, -0.2) is 0 Å². The van der Waals surface area contributed by atoms with E-state index < -0.39 is 10.2 Å². The number of aryl methyl sites for hydroxylation is 1. The number of nitro groups is 1. The number of amides is 2. The third-order valence-corrected chi connectivity index (χ3v) is 6.97. The molecule has 4 aromatic carbocycles. The fraction of sp³-hybridized carbons (Fsp3) is 0.103. The summed E-state index contributed by atoms with van der Waals surface area (Å²) in [5, 5.41) is 16.3. The summed E-state index contributed by atoms with van der Waals surface area (Å²) < 4.78 is 5.14. The zero-order valence-electron chi connectivity index (χ0n) is 20.7. The van der Waals surface area contributed by atoms with Crippen LogP contribution in [0.15, 0.2) is 102 Å². The predicted molar refractivity (Wildman–Crippen MR) is 149 cm³/mol. The van der Waals surface area contributed by atoms with Crippen LogP contribution in [0.25, 0.3) is 0 Å². The first kappa shape index (κ1) is 26.4. The average molecular weight is 528 g/mol. The molecule has 0 aliphatic carbocycles. The monoisotopic (exact) mass is 527 g/mol. The number of hydrogen-bond acceptors (Lipinski definition) is 6. The SMILES string of the molecule is COc1ccc(C(=O)Nc2cccc(SC(C(=O)Nc3ccc([N+](=O)[O-])cc3C)c3ccccc3)c2)cc1. The van der Waals surface area contributed by atoms with Crippen molar-refractivity contribution >= 4 is 40.6 Å². The fourth-order valence-electron chi connectivity index (χ4n) is 3.73. The maximum Gasteiger partial charge on any atom is 0.269 e. The first-order chi connectivity index (χ1) is 18.3. The van der Waals surface area contributed by atoms with E-state index in [1.165, 1.54) is 30.0 Å². The molecule has 0 fully saturated rings. The van der Waals surface area contributed by atoms with Gasteiger partial charge in [-0.05, 0) is 66.6 Å². The molecule has 2 N–H and O–H groups in total. The van der Waals surface area contributed by atoms with Gasteiger partial charge >= 0.3 is 0 Å². The van der Waals surface area contributed by atoms with Crippen molar-refractivity contribution < 1.29 is 19.2 Å². The molecule has 4 rings (SSSR count). The predicted octanol–water partition coefficient (Wildman–Crippen LogP) is 6.64. The van der Waals surface area contributed by atoms with Crippen LogP contribution in [0.3, 0.4) is 0 Å². The first-order valence-electron chi connectivity index (χ1n) is 11.7. The van der Waals surface area contributed by atoms with Gasteiger partial charge in [-0.2, -0.15) is 0 Å². The van der Waals surface area contributed by atoms with Gasteiger partial charge in [0.05, 0.1) is 12.0 Å². The number of carbonyl (C=O) groups excluding carboxylic acids is 2. The second-order valence-electron chi connectivity index (χ2n) is 8.36. The zero-order valence-corrected chi connectivity index (χ0v) is 21.5. The summed E-state index contributed by atoms with van der Waals surface area (Å²) in [5.41, 5.74) is 2.93. The number of nitrogens with one attached hydrogen (secondary N) is 2. The maximum absolute atomic E-state index is 13.4. The van der Waals surface area contributed by atoms with Crippen molar-refractivity contribution in [3.05, 3.63) is 124 Å². The van der Waals surface area contributed by atoms with Gasteiger partial charge in [-0.1, -0.05) is 36.4 Å². The largest absolute Gasteiger partial charge is 0.497 e. The molecule has 4 aromatic rings. The molecule has 38 heavy (non-hydrogen) atoms. The van der Waals surface area contributed by atoms with Crippen LogP contribution in [0, 0.1) is 17.0 Å². The van der Waals surface area contributed by atoms with Gasteiger partial charge in [-0.3, -0.25) is 19.7 Å². The van der Waals surface area contributed by atoms with Crippen LogP contribution in [-0.4, -0.2) is 23.8 Å². The molecule has 192 valence electrons. The number of benzene rings is 4. The van der Waals surface area contributed by atoms with Crippen molar-refractivity contribution in [2.75, 3.05) is 17.7 Å². The Morgan fingerprint density at radius 2 is 1.63 bits per heavy atom. The van der Waals surface area contributed by atoms with Gasteiger partial charge in [0.15, 0.2) is 0 Å². The molecule has 2 amide bonds. The molecule has 0 radical (unpaired) electrons. The van der Waals surface area contributed by atoms with Gasteiger partial charge in [0.1, 0.15) is 11.0 Å². The smallest absolute Gasteiger partial charge is 0.269 e. The lowest BCUT2D eigenvalue weighted by molar-refractivity contribution is -0.384. The Bertz CT molecular complexity index is 1460. The number of methoxy groups -OCH3 is 1. The van der Waals surface area contributed by atoms with E-state index in [9.17, 15) is 19.7 Å². The van der Waals surface area contributed by atoms with E-state index in [4.69, 9.17) is 4.74 Å². The third-order valence-electron chi connectivity index (χ3n) is 5.72. The minimum absolute atomic E-state index is 0.0389. The lowest BCUT2D eigenvalue weighted by atomic mass is 10.1. The Kier molecular flexibility index (Phi) is 8.40. The molecular formula is C29H25N3O5S. The first-order valence-corrected chi connectivity index (χ1v) is 12.5. The number of nitrogens with zero attached hydrogens (tertiary/aromatic N) is 1. The van der Waals surface area contributed by atoms with Gasteiger partial charge in [0.2, 0.25) is 5.91 Å². The normalized spacial score (nSPS) is 11.3. The summed E-state index contributed by atoms with van der Waals surface area (Å²) >= 11 is 1.34. The molecule has 0 saturated heterocycles. The zero-order chi connectivity index (χ0) is 27.1. The van der Waals surface area contributed by atoms with Crippen molar-refractivity contribution in [2.24, 2.45) is 0 Å². The summed E-state index contributed by atoms with van der Waals surface area (Å²) in [6, 6.07) is 27.7. The second kappa shape index (κ2) is 12.1. The molecule has 8 nitrogen and oxygen atoms in total. The van der Waals surface area contributed by atoms with Crippen LogP contribution in [-0.2, 0) is 4.79 Å². The molecule has 9 heteroatoms. The Hall–Kier alpha value is -4.63. The Morgan fingerprint density at radius 1 is 0.895 bits per heavy atom. The number of ether oxygens (including phenoxy) is 1. The van der Waals surface area contributed by atoms with Crippen molar-refractivity contribution in [1.29, 1.82) is 0 Å². The fourth-order valence-corrected chi connectivity index (χ4v) is 4.81. The summed E-state index contributed by atoms with van der Waals surface area (Å²) in [6.07, 6.45) is 0. The van der Waals surface area contributed by atoms with E-state index >= 15 is 0 Å². The molecule has 0 heterocycles. The molecular weight excluding hydrogens is 502 g/mol. The Morgan fingerprint density at radius 3 is 2.29 bits per heavy atom. The Labute approximate surface area is 224 Å². The second-order valence-corrected chi connectivity index (χ2v) is 9.54. The van der Waals surface area contributed by atoms with E-state index in [-0.39, 0.29) is 17.5 Å². The van der Waals surface area contributed by atoms with E-state index in [1.54, 1.807) is 44.4 Å². The summed E-state index contributed by atoms with van der Waals surface area (Å²) in [6.45, 7) is 1.71. The van der Waals surface area contributed by atoms with E-state index in [0.717, 1.165) is 10.5 Å². The lowest BCUT2D eigenvalue weighted by Crippen LogP contribution is -2.19. The minimum atomic E-state index is -0.613. The highest BCUT2D eigenvalue weighted by atomic mass is 32.2. The molecule has 0 spiro atoms. The average Bonchev–Trinajstić information content (AvgIpc) is 2.93. The van der Waals surface area contributed by atoms with Crippen LogP contribution in [0.4, 0.5) is 17.1 Å².